The molecule has 1 N–H and O–H groups in total. The van der Waals surface area contributed by atoms with E-state index >= 15 is 0 Å². The predicted octanol–water partition coefficient (Wildman–Crippen LogP) is 2.54. The molecule has 2 rings (SSSR count). The molecule has 0 fully saturated rings. The first kappa shape index (κ1) is 12.4. The maximum atomic E-state index is 5.59. The molecule has 0 radical (unpaired) electrons. The Kier molecular flexibility index (Phi) is 4.40. The minimum absolute atomic E-state index is 0.902. The van der Waals surface area contributed by atoms with Gasteiger partial charge in [-0.15, -0.1) is 0 Å². The summed E-state index contributed by atoms with van der Waals surface area (Å²) in [6.45, 7) is 9.34. The zero-order valence-electron chi connectivity index (χ0n) is 10.8. The van der Waals surface area contributed by atoms with Crippen molar-refractivity contribution in [3.8, 4) is 0 Å². The standard InChI is InChI=1S/C14H22N2O/c1-3-15-9-13-8-14(17-11-13)10-16-6-4-12(2)5-7-16/h4,8,11,15H,3,5-7,9-10H2,1-2H3. The molecule has 94 valence electrons. The van der Waals surface area contributed by atoms with Crippen LogP contribution < -0.4 is 5.32 Å². The molecule has 1 aliphatic rings. The van der Waals surface area contributed by atoms with Crippen LogP contribution in [0.3, 0.4) is 0 Å². The molecule has 0 aromatic carbocycles. The maximum absolute atomic E-state index is 5.59. The number of furan rings is 1. The van der Waals surface area contributed by atoms with Crippen LogP contribution >= 0.6 is 0 Å². The van der Waals surface area contributed by atoms with Crippen LogP contribution in [-0.2, 0) is 13.1 Å². The Morgan fingerprint density at radius 2 is 2.35 bits per heavy atom. The van der Waals surface area contributed by atoms with Gasteiger partial charge in [-0.3, -0.25) is 4.90 Å². The highest BCUT2D eigenvalue weighted by Crippen LogP contribution is 2.15. The van der Waals surface area contributed by atoms with Crippen molar-refractivity contribution >= 4 is 0 Å². The molecule has 0 amide bonds. The summed E-state index contributed by atoms with van der Waals surface area (Å²) >= 11 is 0. The van der Waals surface area contributed by atoms with E-state index < -0.39 is 0 Å². The molecule has 0 saturated heterocycles. The molecular formula is C14H22N2O. The molecule has 0 aliphatic carbocycles. The van der Waals surface area contributed by atoms with Gasteiger partial charge < -0.3 is 9.73 Å². The predicted molar refractivity (Wildman–Crippen MR) is 69.7 cm³/mol. The van der Waals surface area contributed by atoms with Gasteiger partial charge in [-0.2, -0.15) is 0 Å². The van der Waals surface area contributed by atoms with E-state index in [-0.39, 0.29) is 0 Å². The van der Waals surface area contributed by atoms with Crippen molar-refractivity contribution in [1.29, 1.82) is 0 Å². The lowest BCUT2D eigenvalue weighted by Gasteiger charge is -2.23. The van der Waals surface area contributed by atoms with E-state index in [9.17, 15) is 0 Å². The Bertz CT molecular complexity index is 381. The minimum Gasteiger partial charge on any atom is -0.468 e. The third-order valence-corrected chi connectivity index (χ3v) is 3.19. The van der Waals surface area contributed by atoms with Gasteiger partial charge in [0.25, 0.3) is 0 Å². The van der Waals surface area contributed by atoms with E-state index in [0.717, 1.165) is 38.5 Å². The number of nitrogens with zero attached hydrogens (tertiary/aromatic N) is 1. The fourth-order valence-corrected chi connectivity index (χ4v) is 2.05. The largest absolute Gasteiger partial charge is 0.468 e. The summed E-state index contributed by atoms with van der Waals surface area (Å²) in [7, 11) is 0. The Balaban J connectivity index is 1.84. The molecule has 3 nitrogen and oxygen atoms in total. The first-order valence-corrected chi connectivity index (χ1v) is 6.43. The normalized spacial score (nSPS) is 17.2. The molecule has 0 atom stereocenters. The molecule has 17 heavy (non-hydrogen) atoms. The van der Waals surface area contributed by atoms with Gasteiger partial charge in [-0.25, -0.2) is 0 Å². The Labute approximate surface area is 103 Å². The van der Waals surface area contributed by atoms with Crippen molar-refractivity contribution in [2.75, 3.05) is 19.6 Å². The topological polar surface area (TPSA) is 28.4 Å². The van der Waals surface area contributed by atoms with E-state index in [2.05, 4.69) is 36.2 Å². The smallest absolute Gasteiger partial charge is 0.118 e. The first-order chi connectivity index (χ1) is 8.28. The monoisotopic (exact) mass is 234 g/mol. The number of rotatable bonds is 5. The van der Waals surface area contributed by atoms with E-state index in [1.807, 2.05) is 6.26 Å². The maximum Gasteiger partial charge on any atom is 0.118 e. The molecular weight excluding hydrogens is 212 g/mol. The summed E-state index contributed by atoms with van der Waals surface area (Å²) in [4.78, 5) is 2.42. The fraction of sp³-hybridized carbons (Fsp3) is 0.571. The molecule has 1 aromatic rings. The van der Waals surface area contributed by atoms with Crippen molar-refractivity contribution in [3.05, 3.63) is 35.3 Å². The Hall–Kier alpha value is -1.06. The average molecular weight is 234 g/mol. The van der Waals surface area contributed by atoms with E-state index in [0.29, 0.717) is 0 Å². The van der Waals surface area contributed by atoms with Crippen molar-refractivity contribution < 1.29 is 4.42 Å². The summed E-state index contributed by atoms with van der Waals surface area (Å²) in [6, 6.07) is 2.16. The van der Waals surface area contributed by atoms with Gasteiger partial charge in [-0.05, 0) is 26.0 Å². The summed E-state index contributed by atoms with van der Waals surface area (Å²) < 4.78 is 5.59. The van der Waals surface area contributed by atoms with Gasteiger partial charge in [0.05, 0.1) is 12.8 Å². The van der Waals surface area contributed by atoms with Crippen LogP contribution in [0.2, 0.25) is 0 Å². The van der Waals surface area contributed by atoms with E-state index in [1.54, 1.807) is 0 Å². The number of nitrogens with one attached hydrogen (secondary N) is 1. The van der Waals surface area contributed by atoms with Gasteiger partial charge in [-0.1, -0.05) is 18.6 Å². The zero-order chi connectivity index (χ0) is 12.1. The lowest BCUT2D eigenvalue weighted by atomic mass is 10.1. The summed E-state index contributed by atoms with van der Waals surface area (Å²) in [5, 5.41) is 3.30. The summed E-state index contributed by atoms with van der Waals surface area (Å²) in [5.74, 6) is 1.07. The summed E-state index contributed by atoms with van der Waals surface area (Å²) in [6.07, 6.45) is 5.36. The Morgan fingerprint density at radius 1 is 1.47 bits per heavy atom. The third-order valence-electron chi connectivity index (χ3n) is 3.19. The molecule has 2 heterocycles. The van der Waals surface area contributed by atoms with Crippen molar-refractivity contribution in [1.82, 2.24) is 10.2 Å². The van der Waals surface area contributed by atoms with E-state index in [4.69, 9.17) is 4.42 Å². The second-order valence-electron chi connectivity index (χ2n) is 4.74. The molecule has 0 saturated carbocycles. The minimum atomic E-state index is 0.902. The molecule has 3 heteroatoms. The van der Waals surface area contributed by atoms with Gasteiger partial charge in [0.2, 0.25) is 0 Å². The fourth-order valence-electron chi connectivity index (χ4n) is 2.05. The number of hydrogen-bond donors (Lipinski definition) is 1. The van der Waals surface area contributed by atoms with Crippen molar-refractivity contribution in [2.45, 2.75) is 33.4 Å². The first-order valence-electron chi connectivity index (χ1n) is 6.43. The lowest BCUT2D eigenvalue weighted by molar-refractivity contribution is 0.261. The van der Waals surface area contributed by atoms with Crippen LogP contribution in [0.15, 0.2) is 28.4 Å². The molecule has 1 aromatic heterocycles. The lowest BCUT2D eigenvalue weighted by Crippen LogP contribution is -2.27. The van der Waals surface area contributed by atoms with Crippen LogP contribution in [0.1, 0.15) is 31.6 Å². The van der Waals surface area contributed by atoms with Crippen LogP contribution in [0.5, 0.6) is 0 Å². The molecule has 0 spiro atoms. The highest BCUT2D eigenvalue weighted by molar-refractivity contribution is 5.13. The number of hydrogen-bond acceptors (Lipinski definition) is 3. The van der Waals surface area contributed by atoms with Gasteiger partial charge in [0, 0.05) is 25.2 Å². The zero-order valence-corrected chi connectivity index (χ0v) is 10.8. The van der Waals surface area contributed by atoms with Crippen LogP contribution in [-0.4, -0.2) is 24.5 Å². The highest BCUT2D eigenvalue weighted by atomic mass is 16.3. The molecule has 0 bridgehead atoms. The molecule has 0 unspecified atom stereocenters. The second kappa shape index (κ2) is 6.03. The quantitative estimate of drug-likeness (QED) is 0.794. The highest BCUT2D eigenvalue weighted by Gasteiger charge is 2.11. The van der Waals surface area contributed by atoms with Crippen LogP contribution in [0.4, 0.5) is 0 Å². The van der Waals surface area contributed by atoms with Crippen LogP contribution in [0, 0.1) is 0 Å². The third kappa shape index (κ3) is 3.72. The SMILES string of the molecule is CCNCc1coc(CN2CC=C(C)CC2)c1. The Morgan fingerprint density at radius 3 is 3.06 bits per heavy atom. The summed E-state index contributed by atoms with van der Waals surface area (Å²) in [5.41, 5.74) is 2.75. The van der Waals surface area contributed by atoms with Gasteiger partial charge >= 0.3 is 0 Å². The van der Waals surface area contributed by atoms with E-state index in [1.165, 1.54) is 17.6 Å². The van der Waals surface area contributed by atoms with Gasteiger partial charge in [0.15, 0.2) is 0 Å². The van der Waals surface area contributed by atoms with Crippen LogP contribution in [0.25, 0.3) is 0 Å². The van der Waals surface area contributed by atoms with Crippen molar-refractivity contribution in [3.63, 3.8) is 0 Å². The average Bonchev–Trinajstić information content (AvgIpc) is 2.77. The second-order valence-corrected chi connectivity index (χ2v) is 4.74. The van der Waals surface area contributed by atoms with Crippen molar-refractivity contribution in [2.24, 2.45) is 0 Å². The van der Waals surface area contributed by atoms with Gasteiger partial charge in [0.1, 0.15) is 5.76 Å². The molecule has 1 aliphatic heterocycles.